The van der Waals surface area contributed by atoms with Crippen LogP contribution < -0.4 is 5.32 Å². The molecule has 2 heterocycles. The van der Waals surface area contributed by atoms with E-state index in [9.17, 15) is 0 Å². The molecule has 4 aromatic rings. The predicted molar refractivity (Wildman–Crippen MR) is 115 cm³/mol. The highest BCUT2D eigenvalue weighted by Gasteiger charge is 2.33. The van der Waals surface area contributed by atoms with Crippen LogP contribution in [0.3, 0.4) is 0 Å². The Morgan fingerprint density at radius 2 is 1.61 bits per heavy atom. The first-order valence-corrected chi connectivity index (χ1v) is 9.33. The van der Waals surface area contributed by atoms with Crippen LogP contribution in [0.1, 0.15) is 11.1 Å². The summed E-state index contributed by atoms with van der Waals surface area (Å²) in [5.74, 6) is 0. The van der Waals surface area contributed by atoms with E-state index in [1.807, 2.05) is 18.5 Å². The van der Waals surface area contributed by atoms with E-state index in [0.29, 0.717) is 0 Å². The van der Waals surface area contributed by atoms with Crippen molar-refractivity contribution < 1.29 is 0 Å². The van der Waals surface area contributed by atoms with Crippen molar-refractivity contribution in [3.8, 4) is 11.1 Å². The summed E-state index contributed by atoms with van der Waals surface area (Å²) in [7, 11) is 0. The third-order valence-corrected chi connectivity index (χ3v) is 5.28. The minimum atomic E-state index is -0.556. The van der Waals surface area contributed by atoms with Crippen molar-refractivity contribution >= 4 is 17.1 Å². The quantitative estimate of drug-likeness (QED) is 0.538. The Balaban J connectivity index is 1.68. The first kappa shape index (κ1) is 16.5. The van der Waals surface area contributed by atoms with E-state index in [4.69, 9.17) is 4.99 Å². The first-order chi connectivity index (χ1) is 13.9. The molecule has 0 amide bonds. The molecule has 1 N–H and O–H groups in total. The van der Waals surface area contributed by atoms with Crippen molar-refractivity contribution in [2.24, 2.45) is 4.99 Å². The molecule has 0 fully saturated rings. The monoisotopic (exact) mass is 361 g/mol. The average Bonchev–Trinajstić information content (AvgIpc) is 2.80. The third kappa shape index (κ3) is 2.69. The smallest absolute Gasteiger partial charge is 0.133 e. The molecule has 5 rings (SSSR count). The van der Waals surface area contributed by atoms with Crippen molar-refractivity contribution in [1.29, 1.82) is 0 Å². The number of nitrogens with one attached hydrogen (secondary N) is 1. The zero-order valence-corrected chi connectivity index (χ0v) is 15.3. The van der Waals surface area contributed by atoms with E-state index >= 15 is 0 Å². The molecule has 134 valence electrons. The molecule has 3 aromatic carbocycles. The third-order valence-electron chi connectivity index (χ3n) is 5.28. The summed E-state index contributed by atoms with van der Waals surface area (Å²) in [5.41, 5.74) is 4.00. The summed E-state index contributed by atoms with van der Waals surface area (Å²) >= 11 is 0. The molecule has 28 heavy (non-hydrogen) atoms. The van der Waals surface area contributed by atoms with Crippen LogP contribution in [-0.4, -0.2) is 11.3 Å². The van der Waals surface area contributed by atoms with Crippen LogP contribution >= 0.6 is 0 Å². The van der Waals surface area contributed by atoms with Gasteiger partial charge in [0.25, 0.3) is 0 Å². The summed E-state index contributed by atoms with van der Waals surface area (Å²) in [6, 6.07) is 27.5. The van der Waals surface area contributed by atoms with Gasteiger partial charge in [0.15, 0.2) is 0 Å². The molecule has 1 aliphatic rings. The normalized spacial score (nSPS) is 18.1. The Kier molecular flexibility index (Phi) is 3.99. The Bertz CT molecular complexity index is 1160. The average molecular weight is 361 g/mol. The zero-order chi connectivity index (χ0) is 18.8. The predicted octanol–water partition coefficient (Wildman–Crippen LogP) is 5.29. The number of aromatic nitrogens is 1. The molecule has 0 aliphatic carbocycles. The van der Waals surface area contributed by atoms with Gasteiger partial charge in [-0.05, 0) is 45.2 Å². The number of nitrogens with zero attached hydrogens (tertiary/aromatic N) is 2. The van der Waals surface area contributed by atoms with E-state index < -0.39 is 5.54 Å². The minimum absolute atomic E-state index is 0.556. The molecule has 3 nitrogen and oxygen atoms in total. The number of hydrogen-bond donors (Lipinski definition) is 1. The fourth-order valence-electron chi connectivity index (χ4n) is 3.89. The van der Waals surface area contributed by atoms with Crippen molar-refractivity contribution in [3.05, 3.63) is 115 Å². The van der Waals surface area contributed by atoms with Gasteiger partial charge in [-0.1, -0.05) is 72.8 Å². The van der Waals surface area contributed by atoms with Crippen LogP contribution in [0.5, 0.6) is 0 Å². The van der Waals surface area contributed by atoms with Crippen LogP contribution in [0.2, 0.25) is 0 Å². The van der Waals surface area contributed by atoms with Gasteiger partial charge < -0.3 is 5.32 Å². The second-order valence-electron chi connectivity index (χ2n) is 6.87. The summed E-state index contributed by atoms with van der Waals surface area (Å²) in [6.07, 6.45) is 9.55. The van der Waals surface area contributed by atoms with Crippen molar-refractivity contribution in [3.63, 3.8) is 0 Å². The van der Waals surface area contributed by atoms with Gasteiger partial charge in [-0.25, -0.2) is 0 Å². The fraction of sp³-hybridized carbons (Fsp3) is 0.0400. The van der Waals surface area contributed by atoms with E-state index in [2.05, 4.69) is 89.2 Å². The van der Waals surface area contributed by atoms with Crippen molar-refractivity contribution in [1.82, 2.24) is 10.3 Å². The molecule has 0 radical (unpaired) electrons. The highest BCUT2D eigenvalue weighted by molar-refractivity contribution is 5.88. The number of hydrogen-bond acceptors (Lipinski definition) is 3. The van der Waals surface area contributed by atoms with Gasteiger partial charge in [0, 0.05) is 18.6 Å². The van der Waals surface area contributed by atoms with Crippen LogP contribution in [0.25, 0.3) is 21.9 Å². The molecule has 1 aromatic heterocycles. The zero-order valence-electron chi connectivity index (χ0n) is 15.3. The number of fused-ring (bicyclic) bond motifs is 1. The standard InChI is InChI=1S/C25H19N3/c1-2-8-23-20(5-1)6-3-9-24(23)25(14-16-27-18-28-25)22-12-10-19(11-13-22)21-7-4-15-26-17-21/h1-18H,(H,27,28). The summed E-state index contributed by atoms with van der Waals surface area (Å²) in [4.78, 5) is 9.14. The first-order valence-electron chi connectivity index (χ1n) is 9.33. The second kappa shape index (κ2) is 6.78. The lowest BCUT2D eigenvalue weighted by Crippen LogP contribution is -2.28. The number of aliphatic imine (C=N–C) groups is 1. The lowest BCUT2D eigenvalue weighted by Gasteiger charge is -2.31. The Hall–Kier alpha value is -3.72. The fourth-order valence-corrected chi connectivity index (χ4v) is 3.89. The van der Waals surface area contributed by atoms with Gasteiger partial charge in [-0.3, -0.25) is 9.98 Å². The molecular weight excluding hydrogens is 342 g/mol. The molecule has 1 unspecified atom stereocenters. The van der Waals surface area contributed by atoms with E-state index in [0.717, 1.165) is 16.7 Å². The van der Waals surface area contributed by atoms with Crippen LogP contribution in [0.15, 0.2) is 109 Å². The Labute approximate surface area is 164 Å². The Morgan fingerprint density at radius 1 is 0.750 bits per heavy atom. The summed E-state index contributed by atoms with van der Waals surface area (Å²) in [5, 5.41) is 5.51. The number of rotatable bonds is 3. The highest BCUT2D eigenvalue weighted by atomic mass is 15.0. The van der Waals surface area contributed by atoms with E-state index in [-0.39, 0.29) is 0 Å². The van der Waals surface area contributed by atoms with Crippen LogP contribution in [0, 0.1) is 0 Å². The molecule has 0 spiro atoms. The molecule has 0 saturated heterocycles. The molecule has 3 heteroatoms. The van der Waals surface area contributed by atoms with Crippen molar-refractivity contribution in [2.75, 3.05) is 0 Å². The van der Waals surface area contributed by atoms with Crippen molar-refractivity contribution in [2.45, 2.75) is 5.54 Å². The SMILES string of the molecule is C1=CC(c2ccc(-c3cccnc3)cc2)(c2cccc3ccccc23)N=CN1. The molecule has 0 saturated carbocycles. The van der Waals surface area contributed by atoms with Gasteiger partial charge in [0.1, 0.15) is 5.54 Å². The van der Waals surface area contributed by atoms with Gasteiger partial charge in [0.05, 0.1) is 6.34 Å². The minimum Gasteiger partial charge on any atom is -0.353 e. The second-order valence-corrected chi connectivity index (χ2v) is 6.87. The maximum atomic E-state index is 4.92. The van der Waals surface area contributed by atoms with Gasteiger partial charge in [-0.2, -0.15) is 0 Å². The van der Waals surface area contributed by atoms with Gasteiger partial charge >= 0.3 is 0 Å². The molecule has 1 atom stereocenters. The summed E-state index contributed by atoms with van der Waals surface area (Å²) < 4.78 is 0. The van der Waals surface area contributed by atoms with Crippen LogP contribution in [-0.2, 0) is 5.54 Å². The highest BCUT2D eigenvalue weighted by Crippen LogP contribution is 2.40. The molecular formula is C25H19N3. The maximum absolute atomic E-state index is 4.92. The number of benzene rings is 3. The lowest BCUT2D eigenvalue weighted by atomic mass is 9.80. The Morgan fingerprint density at radius 3 is 2.39 bits per heavy atom. The molecule has 1 aliphatic heterocycles. The lowest BCUT2D eigenvalue weighted by molar-refractivity contribution is 0.679. The van der Waals surface area contributed by atoms with Gasteiger partial charge in [-0.15, -0.1) is 0 Å². The largest absolute Gasteiger partial charge is 0.353 e. The molecule has 0 bridgehead atoms. The maximum Gasteiger partial charge on any atom is 0.133 e. The van der Waals surface area contributed by atoms with E-state index in [1.54, 1.807) is 12.5 Å². The van der Waals surface area contributed by atoms with E-state index in [1.165, 1.54) is 16.3 Å². The topological polar surface area (TPSA) is 37.3 Å². The summed E-state index contributed by atoms with van der Waals surface area (Å²) in [6.45, 7) is 0. The van der Waals surface area contributed by atoms with Crippen LogP contribution in [0.4, 0.5) is 0 Å². The van der Waals surface area contributed by atoms with Gasteiger partial charge in [0.2, 0.25) is 0 Å². The number of pyridine rings is 1.